The van der Waals surface area contributed by atoms with E-state index in [4.69, 9.17) is 4.74 Å². The Morgan fingerprint density at radius 2 is 2.00 bits per heavy atom. The van der Waals surface area contributed by atoms with Gasteiger partial charge in [0, 0.05) is 17.0 Å². The maximum atomic E-state index is 11.9. The van der Waals surface area contributed by atoms with E-state index in [1.54, 1.807) is 6.08 Å². The molecular weight excluding hydrogens is 270 g/mol. The van der Waals surface area contributed by atoms with E-state index in [0.717, 1.165) is 11.3 Å². The Kier molecular flexibility index (Phi) is 3.97. The van der Waals surface area contributed by atoms with Crippen LogP contribution in [0.2, 0.25) is 0 Å². The monoisotopic (exact) mass is 289 g/mol. The molecule has 0 unspecified atom stereocenters. The lowest BCUT2D eigenvalue weighted by atomic mass is 10.1. The van der Waals surface area contributed by atoms with E-state index in [1.165, 1.54) is 6.92 Å². The minimum absolute atomic E-state index is 0.00547. The van der Waals surface area contributed by atoms with Crippen molar-refractivity contribution in [2.24, 2.45) is 5.10 Å². The molecule has 2 heterocycles. The molecule has 1 aliphatic rings. The molecular formula is C15H19N3O3. The molecule has 0 saturated carbocycles. The molecule has 1 amide bonds. The van der Waals surface area contributed by atoms with Crippen LogP contribution in [0.5, 0.6) is 0 Å². The number of carbonyl (C=O) groups is 2. The molecule has 0 radical (unpaired) electrons. The molecule has 1 aromatic heterocycles. The van der Waals surface area contributed by atoms with Crippen molar-refractivity contribution in [1.29, 1.82) is 0 Å². The van der Waals surface area contributed by atoms with E-state index in [9.17, 15) is 9.59 Å². The normalized spacial score (nSPS) is 16.4. The molecule has 0 saturated heterocycles. The summed E-state index contributed by atoms with van der Waals surface area (Å²) in [6, 6.07) is 0. The first-order chi connectivity index (χ1) is 9.81. The fourth-order valence-electron chi connectivity index (χ4n) is 2.35. The third-order valence-electron chi connectivity index (χ3n) is 3.20. The second kappa shape index (κ2) is 5.55. The van der Waals surface area contributed by atoms with Gasteiger partial charge in [0.25, 0.3) is 5.91 Å². The van der Waals surface area contributed by atoms with Gasteiger partial charge in [0.15, 0.2) is 5.78 Å². The van der Waals surface area contributed by atoms with E-state index in [2.05, 4.69) is 15.5 Å². The van der Waals surface area contributed by atoms with Crippen LogP contribution in [0.25, 0.3) is 6.08 Å². The number of hydrogen-bond acceptors (Lipinski definition) is 4. The number of rotatable bonds is 3. The van der Waals surface area contributed by atoms with Crippen LogP contribution in [0.4, 0.5) is 0 Å². The number of amides is 1. The van der Waals surface area contributed by atoms with Gasteiger partial charge >= 0.3 is 0 Å². The van der Waals surface area contributed by atoms with Crippen molar-refractivity contribution in [2.45, 2.75) is 40.7 Å². The van der Waals surface area contributed by atoms with Crippen molar-refractivity contribution in [1.82, 2.24) is 10.4 Å². The van der Waals surface area contributed by atoms with E-state index in [0.29, 0.717) is 16.8 Å². The summed E-state index contributed by atoms with van der Waals surface area (Å²) in [5.74, 6) is -0.0539. The third-order valence-corrected chi connectivity index (χ3v) is 3.20. The lowest BCUT2D eigenvalue weighted by Crippen LogP contribution is -2.16. The second-order valence-corrected chi connectivity index (χ2v) is 5.30. The summed E-state index contributed by atoms with van der Waals surface area (Å²) in [6.45, 7) is 8.93. The van der Waals surface area contributed by atoms with Gasteiger partial charge in [0.2, 0.25) is 5.90 Å². The van der Waals surface area contributed by atoms with Crippen molar-refractivity contribution < 1.29 is 14.3 Å². The zero-order valence-corrected chi connectivity index (χ0v) is 12.8. The maximum Gasteiger partial charge on any atom is 0.277 e. The van der Waals surface area contributed by atoms with Gasteiger partial charge in [-0.25, -0.2) is 5.43 Å². The van der Waals surface area contributed by atoms with Crippen LogP contribution in [0.3, 0.4) is 0 Å². The maximum absolute atomic E-state index is 11.9. The number of aromatic amines is 1. The first-order valence-electron chi connectivity index (χ1n) is 6.78. The largest absolute Gasteiger partial charge is 0.473 e. The van der Waals surface area contributed by atoms with Crippen LogP contribution < -0.4 is 5.43 Å². The minimum Gasteiger partial charge on any atom is -0.473 e. The Balaban J connectivity index is 2.43. The quantitative estimate of drug-likeness (QED) is 0.660. The molecule has 0 aromatic carbocycles. The molecule has 0 bridgehead atoms. The summed E-state index contributed by atoms with van der Waals surface area (Å²) < 4.78 is 5.51. The van der Waals surface area contributed by atoms with Gasteiger partial charge in [-0.3, -0.25) is 9.59 Å². The molecule has 1 aliphatic heterocycles. The van der Waals surface area contributed by atoms with Gasteiger partial charge < -0.3 is 9.72 Å². The number of H-pyrrole nitrogens is 1. The number of ketones is 1. The van der Waals surface area contributed by atoms with Gasteiger partial charge in [-0.2, -0.15) is 0 Å². The molecule has 0 spiro atoms. The number of hydrazone groups is 1. The zero-order chi connectivity index (χ0) is 15.7. The van der Waals surface area contributed by atoms with Crippen LogP contribution in [-0.4, -0.2) is 28.7 Å². The SMILES string of the molecule is CC(=O)c1c(C)[nH]c(C=C2C(=O)NN=C2OC(C)C)c1C. The van der Waals surface area contributed by atoms with Crippen LogP contribution in [0, 0.1) is 13.8 Å². The smallest absolute Gasteiger partial charge is 0.277 e. The summed E-state index contributed by atoms with van der Waals surface area (Å²) in [5, 5.41) is 3.87. The zero-order valence-electron chi connectivity index (χ0n) is 12.8. The highest BCUT2D eigenvalue weighted by Crippen LogP contribution is 2.22. The highest BCUT2D eigenvalue weighted by atomic mass is 16.5. The van der Waals surface area contributed by atoms with Gasteiger partial charge in [-0.05, 0) is 46.3 Å². The Morgan fingerprint density at radius 3 is 2.52 bits per heavy atom. The van der Waals surface area contributed by atoms with E-state index < -0.39 is 0 Å². The molecule has 0 fully saturated rings. The van der Waals surface area contributed by atoms with Crippen molar-refractivity contribution in [2.75, 3.05) is 0 Å². The predicted molar refractivity (Wildman–Crippen MR) is 80.0 cm³/mol. The second-order valence-electron chi connectivity index (χ2n) is 5.30. The van der Waals surface area contributed by atoms with Crippen LogP contribution in [-0.2, 0) is 9.53 Å². The molecule has 0 aliphatic carbocycles. The van der Waals surface area contributed by atoms with Crippen molar-refractivity contribution >= 4 is 23.7 Å². The first-order valence-corrected chi connectivity index (χ1v) is 6.78. The Bertz CT molecular complexity index is 666. The number of nitrogens with zero attached hydrogens (tertiary/aromatic N) is 1. The lowest BCUT2D eigenvalue weighted by molar-refractivity contribution is -0.116. The molecule has 21 heavy (non-hydrogen) atoms. The molecule has 1 aromatic rings. The first kappa shape index (κ1) is 15.0. The van der Waals surface area contributed by atoms with E-state index in [-0.39, 0.29) is 23.7 Å². The predicted octanol–water partition coefficient (Wildman–Crippen LogP) is 2.09. The summed E-state index contributed by atoms with van der Waals surface area (Å²) in [6.07, 6.45) is 1.58. The topological polar surface area (TPSA) is 83.5 Å². The Labute approximate surface area is 123 Å². The van der Waals surface area contributed by atoms with Gasteiger partial charge in [0.1, 0.15) is 5.57 Å². The van der Waals surface area contributed by atoms with Crippen LogP contribution in [0.15, 0.2) is 10.7 Å². The Morgan fingerprint density at radius 1 is 1.33 bits per heavy atom. The van der Waals surface area contributed by atoms with Gasteiger partial charge in [-0.15, -0.1) is 5.10 Å². The molecule has 112 valence electrons. The summed E-state index contributed by atoms with van der Waals surface area (Å²) in [5.41, 5.74) is 5.70. The average Bonchev–Trinajstić information content (AvgIpc) is 2.83. The van der Waals surface area contributed by atoms with Crippen molar-refractivity contribution in [3.8, 4) is 0 Å². The third kappa shape index (κ3) is 2.89. The molecule has 6 heteroatoms. The fraction of sp³-hybridized carbons (Fsp3) is 0.400. The lowest BCUT2D eigenvalue weighted by Gasteiger charge is -2.08. The molecule has 2 N–H and O–H groups in total. The number of nitrogens with one attached hydrogen (secondary N) is 2. The average molecular weight is 289 g/mol. The van der Waals surface area contributed by atoms with E-state index in [1.807, 2.05) is 27.7 Å². The van der Waals surface area contributed by atoms with Gasteiger partial charge in [0.05, 0.1) is 6.10 Å². The standard InChI is InChI=1S/C15H19N3O3/c1-7(2)21-15-11(14(20)17-18-15)6-12-8(3)13(10(5)19)9(4)16-12/h6-7,16H,1-5H3,(H,17,20). The number of Topliss-reactive ketones (excluding diaryl/α,β-unsaturated/α-hetero) is 1. The van der Waals surface area contributed by atoms with Crippen molar-refractivity contribution in [3.63, 3.8) is 0 Å². The molecule has 6 nitrogen and oxygen atoms in total. The molecule has 2 rings (SSSR count). The van der Waals surface area contributed by atoms with Crippen LogP contribution in [0.1, 0.15) is 48.1 Å². The number of aryl methyl sites for hydroxylation is 1. The summed E-state index contributed by atoms with van der Waals surface area (Å²) in [7, 11) is 0. The summed E-state index contributed by atoms with van der Waals surface area (Å²) in [4.78, 5) is 26.6. The Hall–Kier alpha value is -2.37. The molecule has 0 atom stereocenters. The fourth-order valence-corrected chi connectivity index (χ4v) is 2.35. The number of ether oxygens (including phenoxy) is 1. The number of carbonyl (C=O) groups excluding carboxylic acids is 2. The minimum atomic E-state index is -0.318. The number of aromatic nitrogens is 1. The number of hydrogen-bond donors (Lipinski definition) is 2. The van der Waals surface area contributed by atoms with Crippen molar-refractivity contribution in [3.05, 3.63) is 28.1 Å². The van der Waals surface area contributed by atoms with E-state index >= 15 is 0 Å². The highest BCUT2D eigenvalue weighted by Gasteiger charge is 2.26. The van der Waals surface area contributed by atoms with Gasteiger partial charge in [-0.1, -0.05) is 0 Å². The van der Waals surface area contributed by atoms with Crippen LogP contribution >= 0.6 is 0 Å². The summed E-state index contributed by atoms with van der Waals surface area (Å²) >= 11 is 0. The highest BCUT2D eigenvalue weighted by molar-refractivity contribution is 6.24.